The van der Waals surface area contributed by atoms with Crippen LogP contribution in [0.5, 0.6) is 5.88 Å². The van der Waals surface area contributed by atoms with Gasteiger partial charge < -0.3 is 10.1 Å². The number of ether oxygens (including phenoxy) is 1. The first-order chi connectivity index (χ1) is 17.4. The lowest BCUT2D eigenvalue weighted by molar-refractivity contribution is 0.124. The van der Waals surface area contributed by atoms with E-state index < -0.39 is 5.54 Å². The molecule has 1 aliphatic rings. The predicted octanol–water partition coefficient (Wildman–Crippen LogP) is 4.65. The Morgan fingerprint density at radius 1 is 1.14 bits per heavy atom. The Hall–Kier alpha value is -4.00. The van der Waals surface area contributed by atoms with Crippen LogP contribution in [0.25, 0.3) is 22.2 Å². The van der Waals surface area contributed by atoms with Crippen molar-refractivity contribution in [3.05, 3.63) is 42.7 Å². The molecule has 0 amide bonds. The zero-order chi connectivity index (χ0) is 25.3. The van der Waals surface area contributed by atoms with E-state index in [2.05, 4.69) is 49.1 Å². The molecule has 0 atom stereocenters. The van der Waals surface area contributed by atoms with Crippen LogP contribution in [0.15, 0.2) is 37.1 Å². The van der Waals surface area contributed by atoms with Crippen LogP contribution in [0.3, 0.4) is 0 Å². The second kappa shape index (κ2) is 9.57. The van der Waals surface area contributed by atoms with Gasteiger partial charge in [-0.25, -0.2) is 9.97 Å². The van der Waals surface area contributed by atoms with E-state index in [4.69, 9.17) is 9.84 Å². The quantitative estimate of drug-likeness (QED) is 0.402. The lowest BCUT2D eigenvalue weighted by Gasteiger charge is -2.29. The summed E-state index contributed by atoms with van der Waals surface area (Å²) in [7, 11) is 0. The van der Waals surface area contributed by atoms with Crippen molar-refractivity contribution in [1.29, 1.82) is 5.26 Å². The maximum atomic E-state index is 9.52. The van der Waals surface area contributed by atoms with Crippen molar-refractivity contribution in [1.82, 2.24) is 34.5 Å². The van der Waals surface area contributed by atoms with Crippen LogP contribution >= 0.6 is 0 Å². The van der Waals surface area contributed by atoms with E-state index in [1.807, 2.05) is 33.2 Å². The van der Waals surface area contributed by atoms with Gasteiger partial charge in [-0.2, -0.15) is 15.5 Å². The van der Waals surface area contributed by atoms with Gasteiger partial charge in [0.25, 0.3) is 0 Å². The van der Waals surface area contributed by atoms with Gasteiger partial charge in [-0.3, -0.25) is 14.3 Å². The number of nitrogens with one attached hydrogen (secondary N) is 1. The lowest BCUT2D eigenvalue weighted by Crippen LogP contribution is -2.27. The van der Waals surface area contributed by atoms with Crippen LogP contribution in [0.1, 0.15) is 58.2 Å². The number of nitriles is 1. The molecule has 4 aromatic heterocycles. The highest BCUT2D eigenvalue weighted by molar-refractivity contribution is 5.93. The smallest absolute Gasteiger partial charge is 0.235 e. The normalized spacial score (nSPS) is 18.2. The molecule has 4 aromatic rings. The molecule has 10 nitrogen and oxygen atoms in total. The molecule has 0 spiro atoms. The van der Waals surface area contributed by atoms with Gasteiger partial charge in [0.05, 0.1) is 29.5 Å². The monoisotopic (exact) mass is 485 g/mol. The number of anilines is 1. The molecule has 1 fully saturated rings. The summed E-state index contributed by atoms with van der Waals surface area (Å²) >= 11 is 0. The number of hydrogen-bond acceptors (Lipinski definition) is 8. The minimum absolute atomic E-state index is 0.114. The average Bonchev–Trinajstić information content (AvgIpc) is 3.52. The van der Waals surface area contributed by atoms with E-state index in [1.54, 1.807) is 23.3 Å². The summed E-state index contributed by atoms with van der Waals surface area (Å²) in [4.78, 5) is 13.2. The standard InChI is InChI=1S/C26H31N9O/c1-5-28-23-12-22-21(14-31-23)24(18-13-32-34(15-18)26(3,4)16-27)33-35(22)19-6-8-20(9-7-19)36-25-17(2)29-10-11-30-25/h10-15,19-20H,5-9H2,1-4H3,(H,28,31)/t19-,20+. The molecule has 5 rings (SSSR count). The van der Waals surface area contributed by atoms with Crippen LogP contribution in [0, 0.1) is 18.3 Å². The minimum Gasteiger partial charge on any atom is -0.473 e. The van der Waals surface area contributed by atoms with Gasteiger partial charge in [0.2, 0.25) is 5.88 Å². The van der Waals surface area contributed by atoms with Gasteiger partial charge >= 0.3 is 0 Å². The second-order valence-electron chi connectivity index (χ2n) is 9.75. The highest BCUT2D eigenvalue weighted by Gasteiger charge is 2.28. The maximum Gasteiger partial charge on any atom is 0.235 e. The summed E-state index contributed by atoms with van der Waals surface area (Å²) in [5.74, 6) is 1.44. The highest BCUT2D eigenvalue weighted by atomic mass is 16.5. The van der Waals surface area contributed by atoms with Crippen LogP contribution in [-0.2, 0) is 5.54 Å². The fourth-order valence-corrected chi connectivity index (χ4v) is 4.68. The van der Waals surface area contributed by atoms with Crippen molar-refractivity contribution in [3.8, 4) is 23.2 Å². The van der Waals surface area contributed by atoms with Gasteiger partial charge in [0, 0.05) is 48.3 Å². The second-order valence-corrected chi connectivity index (χ2v) is 9.75. The third kappa shape index (κ3) is 4.49. The third-order valence-corrected chi connectivity index (χ3v) is 6.76. The van der Waals surface area contributed by atoms with E-state index in [-0.39, 0.29) is 12.1 Å². The van der Waals surface area contributed by atoms with E-state index in [9.17, 15) is 5.26 Å². The van der Waals surface area contributed by atoms with Gasteiger partial charge in [-0.1, -0.05) is 0 Å². The Bertz CT molecular complexity index is 1410. The largest absolute Gasteiger partial charge is 0.473 e. The first-order valence-electron chi connectivity index (χ1n) is 12.4. The van der Waals surface area contributed by atoms with Crippen molar-refractivity contribution in [3.63, 3.8) is 0 Å². The maximum absolute atomic E-state index is 9.52. The molecular formula is C26H31N9O. The molecule has 1 saturated carbocycles. The summed E-state index contributed by atoms with van der Waals surface area (Å²) in [5, 5.41) is 23.3. The van der Waals surface area contributed by atoms with Crippen LogP contribution < -0.4 is 10.1 Å². The molecule has 0 aromatic carbocycles. The fraction of sp³-hybridized carbons (Fsp3) is 0.462. The number of aryl methyl sites for hydroxylation is 1. The molecule has 1 aliphatic carbocycles. The van der Waals surface area contributed by atoms with E-state index >= 15 is 0 Å². The Morgan fingerprint density at radius 3 is 2.64 bits per heavy atom. The molecule has 0 bridgehead atoms. The fourth-order valence-electron chi connectivity index (χ4n) is 4.68. The summed E-state index contributed by atoms with van der Waals surface area (Å²) < 4.78 is 10.00. The average molecular weight is 486 g/mol. The van der Waals surface area contributed by atoms with Crippen molar-refractivity contribution in [2.24, 2.45) is 0 Å². The van der Waals surface area contributed by atoms with Crippen molar-refractivity contribution in [2.75, 3.05) is 11.9 Å². The van der Waals surface area contributed by atoms with Crippen molar-refractivity contribution in [2.45, 2.75) is 71.1 Å². The van der Waals surface area contributed by atoms with Crippen LogP contribution in [0.4, 0.5) is 5.82 Å². The number of pyridine rings is 1. The Labute approximate surface area is 210 Å². The zero-order valence-corrected chi connectivity index (χ0v) is 21.1. The molecule has 0 radical (unpaired) electrons. The van der Waals surface area contributed by atoms with Gasteiger partial charge in [0.1, 0.15) is 23.2 Å². The SMILES string of the molecule is CCNc1cc2c(cn1)c(-c1cnn(C(C)(C)C#N)c1)nn2[C@H]1CC[C@@H](Oc2nccnc2C)CC1. The molecule has 186 valence electrons. The highest BCUT2D eigenvalue weighted by Crippen LogP contribution is 2.36. The lowest BCUT2D eigenvalue weighted by atomic mass is 9.93. The van der Waals surface area contributed by atoms with E-state index in [0.717, 1.165) is 65.9 Å². The van der Waals surface area contributed by atoms with Gasteiger partial charge in [0.15, 0.2) is 0 Å². The first-order valence-corrected chi connectivity index (χ1v) is 12.4. The molecular weight excluding hydrogens is 454 g/mol. The molecule has 4 heterocycles. The van der Waals surface area contributed by atoms with Crippen molar-refractivity contribution >= 4 is 16.7 Å². The predicted molar refractivity (Wildman–Crippen MR) is 137 cm³/mol. The number of aromatic nitrogens is 7. The summed E-state index contributed by atoms with van der Waals surface area (Å²) in [6, 6.07) is 4.61. The Kier molecular flexibility index (Phi) is 6.31. The molecule has 0 aliphatic heterocycles. The zero-order valence-electron chi connectivity index (χ0n) is 21.1. The molecule has 36 heavy (non-hydrogen) atoms. The van der Waals surface area contributed by atoms with Gasteiger partial charge in [-0.15, -0.1) is 0 Å². The van der Waals surface area contributed by atoms with E-state index in [0.29, 0.717) is 5.88 Å². The number of hydrogen-bond donors (Lipinski definition) is 1. The number of nitrogens with zero attached hydrogens (tertiary/aromatic N) is 8. The Balaban J connectivity index is 1.44. The molecule has 0 unspecified atom stereocenters. The third-order valence-electron chi connectivity index (χ3n) is 6.76. The molecule has 10 heteroatoms. The van der Waals surface area contributed by atoms with Gasteiger partial charge in [-0.05, 0) is 53.4 Å². The molecule has 0 saturated heterocycles. The molecule has 1 N–H and O–H groups in total. The minimum atomic E-state index is -0.743. The first kappa shape index (κ1) is 23.7. The van der Waals surface area contributed by atoms with E-state index in [1.165, 1.54) is 0 Å². The summed E-state index contributed by atoms with van der Waals surface area (Å²) in [6.07, 6.45) is 12.7. The Morgan fingerprint density at radius 2 is 1.92 bits per heavy atom. The van der Waals surface area contributed by atoms with Crippen LogP contribution in [-0.4, -0.2) is 47.2 Å². The van der Waals surface area contributed by atoms with Crippen molar-refractivity contribution < 1.29 is 4.74 Å². The summed E-state index contributed by atoms with van der Waals surface area (Å²) in [5.41, 5.74) is 2.81. The topological polar surface area (TPSA) is 119 Å². The van der Waals surface area contributed by atoms with Crippen LogP contribution in [0.2, 0.25) is 0 Å². The summed E-state index contributed by atoms with van der Waals surface area (Å²) in [6.45, 7) is 8.45. The number of rotatable bonds is 7. The number of fused-ring (bicyclic) bond motifs is 1.